The van der Waals surface area contributed by atoms with Crippen molar-refractivity contribution in [2.75, 3.05) is 19.8 Å². The number of aliphatic hydroxyl groups excluding tert-OH is 8. The van der Waals surface area contributed by atoms with Crippen molar-refractivity contribution in [3.8, 4) is 0 Å². The van der Waals surface area contributed by atoms with E-state index >= 15 is 0 Å². The monoisotopic (exact) mass is 544 g/mol. The maximum absolute atomic E-state index is 12.8. The van der Waals surface area contributed by atoms with Gasteiger partial charge in [0.1, 0.15) is 49.3 Å². The van der Waals surface area contributed by atoms with E-state index in [4.69, 9.17) is 14.2 Å². The van der Waals surface area contributed by atoms with Crippen LogP contribution in [0.3, 0.4) is 0 Å². The van der Waals surface area contributed by atoms with Crippen LogP contribution in [0.15, 0.2) is 24.3 Å². The molecule has 0 spiro atoms. The van der Waals surface area contributed by atoms with Crippen LogP contribution in [0.25, 0.3) is 0 Å². The topological polar surface area (TPSA) is 256 Å². The quantitative estimate of drug-likeness (QED) is 0.145. The maximum atomic E-state index is 12.8. The molecule has 10 atom stereocenters. The van der Waals surface area contributed by atoms with Gasteiger partial charge in [0.15, 0.2) is 18.3 Å². The Morgan fingerprint density at radius 2 is 1.55 bits per heavy atom. The number of hydrogen-bond acceptors (Lipinski definition) is 14. The number of hydrogen-bond donors (Lipinski definition) is 9. The Morgan fingerprint density at radius 3 is 2.11 bits per heavy atom. The smallest absolute Gasteiger partial charge is 0.262 e. The Kier molecular flexibility index (Phi) is 8.12. The average Bonchev–Trinajstić information content (AvgIpc) is 3.14. The van der Waals surface area contributed by atoms with E-state index in [1.54, 1.807) is 0 Å². The molecular weight excluding hydrogens is 516 g/mol. The summed E-state index contributed by atoms with van der Waals surface area (Å²) in [6, 6.07) is 5.86. The van der Waals surface area contributed by atoms with E-state index in [9.17, 15) is 55.2 Å². The first kappa shape index (κ1) is 28.4. The van der Waals surface area contributed by atoms with E-state index in [-0.39, 0.29) is 11.1 Å². The van der Waals surface area contributed by atoms with Crippen molar-refractivity contribution in [3.63, 3.8) is 0 Å². The molecule has 38 heavy (non-hydrogen) atoms. The van der Waals surface area contributed by atoms with Gasteiger partial charge in [0.2, 0.25) is 5.91 Å². The van der Waals surface area contributed by atoms with Gasteiger partial charge in [-0.15, -0.1) is 0 Å². The number of carbonyl (C=O) groups is 3. The maximum Gasteiger partial charge on any atom is 0.262 e. The predicted octanol–water partition coefficient (Wildman–Crippen LogP) is -5.66. The third-order valence-electron chi connectivity index (χ3n) is 6.65. The van der Waals surface area contributed by atoms with Crippen molar-refractivity contribution < 1.29 is 69.4 Å². The molecule has 2 fully saturated rings. The molecule has 0 saturated carbocycles. The van der Waals surface area contributed by atoms with Crippen molar-refractivity contribution in [1.82, 2.24) is 10.2 Å². The third kappa shape index (κ3) is 4.80. The van der Waals surface area contributed by atoms with Crippen molar-refractivity contribution in [2.45, 2.75) is 61.0 Å². The first-order chi connectivity index (χ1) is 18.0. The number of nitrogens with one attached hydrogen (secondary N) is 1. The van der Waals surface area contributed by atoms with Crippen LogP contribution in [0.5, 0.6) is 0 Å². The summed E-state index contributed by atoms with van der Waals surface area (Å²) in [6.45, 7) is -2.90. The van der Waals surface area contributed by atoms with Crippen LogP contribution in [-0.4, -0.2) is 144 Å². The van der Waals surface area contributed by atoms with E-state index < -0.39 is 98.5 Å². The summed E-state index contributed by atoms with van der Waals surface area (Å²) in [5.41, 5.74) is -2.41. The van der Waals surface area contributed by atoms with Crippen molar-refractivity contribution >= 4 is 17.7 Å². The van der Waals surface area contributed by atoms with E-state index in [1.807, 2.05) is 0 Å². The Balaban J connectivity index is 1.52. The molecule has 0 bridgehead atoms. The van der Waals surface area contributed by atoms with Gasteiger partial charge in [-0.25, -0.2) is 0 Å². The van der Waals surface area contributed by atoms with Crippen LogP contribution in [0.2, 0.25) is 0 Å². The average molecular weight is 544 g/mol. The lowest BCUT2D eigenvalue weighted by Gasteiger charge is -2.49. The zero-order chi connectivity index (χ0) is 27.9. The van der Waals surface area contributed by atoms with Gasteiger partial charge in [-0.3, -0.25) is 19.3 Å². The molecule has 0 aliphatic carbocycles. The van der Waals surface area contributed by atoms with Crippen molar-refractivity contribution in [1.29, 1.82) is 0 Å². The largest absolute Gasteiger partial charge is 0.394 e. The van der Waals surface area contributed by atoms with Crippen LogP contribution < -0.4 is 5.32 Å². The summed E-state index contributed by atoms with van der Waals surface area (Å²) in [6.07, 6.45) is -17.1. The SMILES string of the molecule is O=C(CN1C(=O)c2ccccc2C1=O)N[C@]1(CO)O[C@H](O[C@H]2[C@H](O)[C@@H](O)[C@H](O)O[C@@H]2CO)[C@H](O)[C@@H](O)[C@H]1O. The van der Waals surface area contributed by atoms with Gasteiger partial charge < -0.3 is 60.4 Å². The van der Waals surface area contributed by atoms with Crippen LogP contribution in [0.4, 0.5) is 0 Å². The third-order valence-corrected chi connectivity index (χ3v) is 6.65. The highest BCUT2D eigenvalue weighted by atomic mass is 16.7. The first-order valence-corrected chi connectivity index (χ1v) is 11.5. The summed E-state index contributed by atoms with van der Waals surface area (Å²) in [5.74, 6) is -2.63. The van der Waals surface area contributed by atoms with Crippen LogP contribution >= 0.6 is 0 Å². The summed E-state index contributed by atoms with van der Waals surface area (Å²) in [5, 5.41) is 82.9. The number of fused-ring (bicyclic) bond motifs is 1. The number of nitrogens with zero attached hydrogens (tertiary/aromatic N) is 1. The lowest BCUT2D eigenvalue weighted by Crippen LogP contribution is -2.74. The highest BCUT2D eigenvalue weighted by molar-refractivity contribution is 6.22. The minimum absolute atomic E-state index is 0.0714. The van der Waals surface area contributed by atoms with Gasteiger partial charge in [-0.05, 0) is 12.1 Å². The van der Waals surface area contributed by atoms with Gasteiger partial charge >= 0.3 is 0 Å². The number of amides is 3. The van der Waals surface area contributed by atoms with Gasteiger partial charge in [0, 0.05) is 0 Å². The molecule has 9 N–H and O–H groups in total. The van der Waals surface area contributed by atoms with Crippen molar-refractivity contribution in [2.24, 2.45) is 0 Å². The summed E-state index contributed by atoms with van der Waals surface area (Å²) in [4.78, 5) is 38.6. The summed E-state index contributed by atoms with van der Waals surface area (Å²) in [7, 11) is 0. The Morgan fingerprint density at radius 1 is 0.947 bits per heavy atom. The second-order valence-electron chi connectivity index (χ2n) is 9.08. The van der Waals surface area contributed by atoms with Crippen LogP contribution in [0, 0.1) is 0 Å². The molecule has 3 aliphatic heterocycles. The number of carbonyl (C=O) groups excluding carboxylic acids is 3. The van der Waals surface area contributed by atoms with Gasteiger partial charge in [-0.1, -0.05) is 12.1 Å². The fourth-order valence-electron chi connectivity index (χ4n) is 4.54. The fourth-order valence-corrected chi connectivity index (χ4v) is 4.54. The highest BCUT2D eigenvalue weighted by Crippen LogP contribution is 2.32. The lowest BCUT2D eigenvalue weighted by atomic mass is 9.93. The summed E-state index contributed by atoms with van der Waals surface area (Å²) < 4.78 is 15.8. The van der Waals surface area contributed by atoms with E-state index in [0.717, 1.165) is 0 Å². The molecule has 3 amide bonds. The second-order valence-corrected chi connectivity index (χ2v) is 9.08. The summed E-state index contributed by atoms with van der Waals surface area (Å²) >= 11 is 0. The molecule has 210 valence electrons. The van der Waals surface area contributed by atoms with Gasteiger partial charge in [-0.2, -0.15) is 0 Å². The molecular formula is C22H28N2O14. The van der Waals surface area contributed by atoms with Crippen LogP contribution in [0.1, 0.15) is 20.7 Å². The Bertz CT molecular complexity index is 1040. The van der Waals surface area contributed by atoms with Gasteiger partial charge in [0.25, 0.3) is 11.8 Å². The Hall–Kier alpha value is -2.61. The molecule has 1 aromatic carbocycles. The minimum atomic E-state index is -2.55. The number of rotatable bonds is 7. The van der Waals surface area contributed by atoms with Crippen LogP contribution in [-0.2, 0) is 19.0 Å². The number of benzene rings is 1. The normalized spacial score (nSPS) is 39.3. The first-order valence-electron chi connectivity index (χ1n) is 11.5. The highest BCUT2D eigenvalue weighted by Gasteiger charge is 2.57. The lowest BCUT2D eigenvalue weighted by molar-refractivity contribution is -0.378. The van der Waals surface area contributed by atoms with E-state index in [1.165, 1.54) is 24.3 Å². The molecule has 2 saturated heterocycles. The van der Waals surface area contributed by atoms with Gasteiger partial charge in [0.05, 0.1) is 24.3 Å². The molecule has 0 radical (unpaired) electrons. The second kappa shape index (κ2) is 10.9. The molecule has 16 heteroatoms. The molecule has 4 rings (SSSR count). The zero-order valence-electron chi connectivity index (χ0n) is 19.6. The molecule has 16 nitrogen and oxygen atoms in total. The molecule has 0 aromatic heterocycles. The van der Waals surface area contributed by atoms with E-state index in [2.05, 4.69) is 5.32 Å². The predicted molar refractivity (Wildman–Crippen MR) is 118 cm³/mol. The molecule has 0 unspecified atom stereocenters. The number of aliphatic hydroxyl groups is 8. The minimum Gasteiger partial charge on any atom is -0.394 e. The van der Waals surface area contributed by atoms with E-state index in [0.29, 0.717) is 4.90 Å². The zero-order valence-corrected chi connectivity index (χ0v) is 19.6. The standard InChI is InChI=1S/C22H28N2O14/c25-6-10-16(12(28)14(30)20(35)36-10)37-21-15(31)13(29)17(32)22(7-26,38-21)23-11(27)5-24-18(33)8-3-1-2-4-9(8)19(24)34/h1-4,10,12-17,20-21,25-26,28-32,35H,5-7H2,(H,23,27)/t10-,12-,13-,14-,15-,16-,17-,20-,21+,22-/m1/s1. The number of ether oxygens (including phenoxy) is 3. The molecule has 1 aromatic rings. The molecule has 3 heterocycles. The van der Waals surface area contributed by atoms with Crippen molar-refractivity contribution in [3.05, 3.63) is 35.4 Å². The fraction of sp³-hybridized carbons (Fsp3) is 0.591. The number of imide groups is 1. The molecule has 3 aliphatic rings. The Labute approximate surface area is 214 Å².